The molecule has 0 unspecified atom stereocenters. The van der Waals surface area contributed by atoms with Crippen LogP contribution >= 0.6 is 23.2 Å². The van der Waals surface area contributed by atoms with Gasteiger partial charge in [-0.05, 0) is 79.7 Å². The van der Waals surface area contributed by atoms with Crippen LogP contribution in [-0.4, -0.2) is 22.7 Å². The van der Waals surface area contributed by atoms with Crippen LogP contribution in [0.25, 0.3) is 0 Å². The van der Waals surface area contributed by atoms with E-state index in [1.165, 1.54) is 42.5 Å². The Morgan fingerprint density at radius 3 is 1.64 bits per heavy atom. The predicted octanol–water partition coefficient (Wildman–Crippen LogP) is 7.17. The largest absolute Gasteiger partial charge is 0.417 e. The van der Waals surface area contributed by atoms with Gasteiger partial charge in [-0.2, -0.15) is 13.2 Å². The maximum absolute atomic E-state index is 13.1. The number of anilines is 3. The summed E-state index contributed by atoms with van der Waals surface area (Å²) in [6, 6.07) is 17.5. The zero-order valence-electron chi connectivity index (χ0n) is 21.3. The van der Waals surface area contributed by atoms with Gasteiger partial charge in [0.1, 0.15) is 0 Å². The van der Waals surface area contributed by atoms with E-state index in [2.05, 4.69) is 14.8 Å². The van der Waals surface area contributed by atoms with Crippen molar-refractivity contribution < 1.29 is 34.8 Å². The molecule has 4 aromatic rings. The Morgan fingerprint density at radius 1 is 0.667 bits per heavy atom. The van der Waals surface area contributed by atoms with E-state index in [-0.39, 0.29) is 37.4 Å². The van der Waals surface area contributed by atoms with Gasteiger partial charge in [0.2, 0.25) is 0 Å². The molecule has 0 fully saturated rings. The van der Waals surface area contributed by atoms with E-state index in [4.69, 9.17) is 23.2 Å². The maximum atomic E-state index is 13.1. The number of carbonyl (C=O) groups is 1. The highest BCUT2D eigenvalue weighted by Gasteiger charge is 2.33. The van der Waals surface area contributed by atoms with E-state index in [9.17, 15) is 34.8 Å². The quantitative estimate of drug-likeness (QED) is 0.185. The van der Waals surface area contributed by atoms with Crippen LogP contribution < -0.4 is 14.8 Å². The fourth-order valence-corrected chi connectivity index (χ4v) is 6.16. The molecule has 0 aliphatic heterocycles. The van der Waals surface area contributed by atoms with Gasteiger partial charge >= 0.3 is 6.18 Å². The van der Waals surface area contributed by atoms with Gasteiger partial charge in [-0.3, -0.25) is 14.2 Å². The third-order valence-electron chi connectivity index (χ3n) is 5.74. The molecule has 0 aliphatic carbocycles. The molecule has 1 amide bonds. The number of alkyl halides is 3. The van der Waals surface area contributed by atoms with Crippen molar-refractivity contribution in [2.45, 2.75) is 22.9 Å². The highest BCUT2D eigenvalue weighted by molar-refractivity contribution is 7.93. The Morgan fingerprint density at radius 2 is 1.12 bits per heavy atom. The number of hydrogen-bond acceptors (Lipinski definition) is 5. The molecule has 0 aliphatic rings. The second-order valence-electron chi connectivity index (χ2n) is 8.89. The lowest BCUT2D eigenvalue weighted by atomic mass is 10.2. The van der Waals surface area contributed by atoms with Gasteiger partial charge in [0.15, 0.2) is 0 Å². The molecule has 0 heterocycles. The normalized spacial score (nSPS) is 12.0. The molecule has 42 heavy (non-hydrogen) atoms. The molecule has 4 aromatic carbocycles. The molecule has 0 saturated heterocycles. The Labute approximate surface area is 249 Å². The van der Waals surface area contributed by atoms with E-state index in [1.807, 2.05) is 6.92 Å². The zero-order chi connectivity index (χ0) is 30.9. The minimum atomic E-state index is -4.79. The Bertz CT molecular complexity index is 1870. The summed E-state index contributed by atoms with van der Waals surface area (Å²) in [5.74, 6) is -0.717. The van der Waals surface area contributed by atoms with Crippen LogP contribution in [0.3, 0.4) is 0 Å². The van der Waals surface area contributed by atoms with Gasteiger partial charge < -0.3 is 5.32 Å². The molecule has 0 atom stereocenters. The van der Waals surface area contributed by atoms with Gasteiger partial charge in [-0.25, -0.2) is 16.8 Å². The molecular formula is C27H20Cl2F3N3O5S2. The zero-order valence-corrected chi connectivity index (χ0v) is 24.5. The average molecular weight is 659 g/mol. The van der Waals surface area contributed by atoms with E-state index in [0.29, 0.717) is 6.07 Å². The van der Waals surface area contributed by atoms with Crippen molar-refractivity contribution in [3.05, 3.63) is 112 Å². The van der Waals surface area contributed by atoms with Crippen LogP contribution in [-0.2, 0) is 26.2 Å². The van der Waals surface area contributed by atoms with E-state index < -0.39 is 42.7 Å². The third-order valence-corrected chi connectivity index (χ3v) is 9.19. The summed E-state index contributed by atoms with van der Waals surface area (Å²) < 4.78 is 94.7. The Kier molecular flexibility index (Phi) is 8.78. The molecule has 0 bridgehead atoms. The fourth-order valence-electron chi connectivity index (χ4n) is 3.63. The molecule has 4 rings (SSSR count). The van der Waals surface area contributed by atoms with Gasteiger partial charge in [-0.15, -0.1) is 0 Å². The third kappa shape index (κ3) is 7.34. The summed E-state index contributed by atoms with van der Waals surface area (Å²) in [7, 11) is -8.25. The molecule has 3 N–H and O–H groups in total. The average Bonchev–Trinajstić information content (AvgIpc) is 2.90. The molecular weight excluding hydrogens is 638 g/mol. The summed E-state index contributed by atoms with van der Waals surface area (Å²) >= 11 is 11.7. The SMILES string of the molecule is Cc1ccc(S(=O)(=O)Nc2ccc(Cl)c(C(=O)Nc3ccc(S(=O)(=O)Nc4ccc(Cl)c(C(F)(F)F)c4)cc3)c2)cc1. The first-order chi connectivity index (χ1) is 19.5. The number of aryl methyl sites for hydroxylation is 1. The standard InChI is InChI=1S/C27H20Cl2F3N3O5S2/c1-16-2-8-20(9-3-16)41(37,38)34-18-6-12-24(28)22(14-18)26(36)33-17-4-10-21(11-5-17)42(39,40)35-19-7-13-25(29)23(15-19)27(30,31)32/h2-15,34-35H,1H3,(H,33,36). The fraction of sp³-hybridized carbons (Fsp3) is 0.0741. The maximum Gasteiger partial charge on any atom is 0.417 e. The summed E-state index contributed by atoms with van der Waals surface area (Å²) in [6.07, 6.45) is -4.79. The van der Waals surface area contributed by atoms with Crippen LogP contribution in [0.15, 0.2) is 94.7 Å². The van der Waals surface area contributed by atoms with Crippen molar-refractivity contribution in [1.29, 1.82) is 0 Å². The van der Waals surface area contributed by atoms with Crippen molar-refractivity contribution in [2.75, 3.05) is 14.8 Å². The molecule has 0 saturated carbocycles. The highest BCUT2D eigenvalue weighted by Crippen LogP contribution is 2.36. The minimum Gasteiger partial charge on any atom is -0.322 e. The first kappa shape index (κ1) is 31.2. The summed E-state index contributed by atoms with van der Waals surface area (Å²) in [6.45, 7) is 1.81. The highest BCUT2D eigenvalue weighted by atomic mass is 35.5. The lowest BCUT2D eigenvalue weighted by Gasteiger charge is -2.13. The topological polar surface area (TPSA) is 121 Å². The van der Waals surface area contributed by atoms with Crippen LogP contribution in [0.5, 0.6) is 0 Å². The van der Waals surface area contributed by atoms with E-state index in [1.54, 1.807) is 12.1 Å². The van der Waals surface area contributed by atoms with E-state index in [0.717, 1.165) is 29.8 Å². The summed E-state index contributed by atoms with van der Waals surface area (Å²) in [5.41, 5.74) is -0.505. The van der Waals surface area contributed by atoms with Crippen molar-refractivity contribution in [2.24, 2.45) is 0 Å². The number of sulfonamides is 2. The van der Waals surface area contributed by atoms with Gasteiger partial charge in [0.25, 0.3) is 26.0 Å². The number of halogens is 5. The number of benzene rings is 4. The van der Waals surface area contributed by atoms with Crippen LogP contribution in [0.4, 0.5) is 30.2 Å². The monoisotopic (exact) mass is 657 g/mol. The Balaban J connectivity index is 1.48. The molecule has 220 valence electrons. The first-order valence-corrected chi connectivity index (χ1v) is 15.5. The first-order valence-electron chi connectivity index (χ1n) is 11.8. The second-order valence-corrected chi connectivity index (χ2v) is 13.1. The van der Waals surface area contributed by atoms with Crippen LogP contribution in [0, 0.1) is 6.92 Å². The molecule has 8 nitrogen and oxygen atoms in total. The lowest BCUT2D eigenvalue weighted by molar-refractivity contribution is -0.137. The second kappa shape index (κ2) is 11.8. The lowest BCUT2D eigenvalue weighted by Crippen LogP contribution is -2.16. The van der Waals surface area contributed by atoms with Gasteiger partial charge in [0.05, 0.1) is 31.0 Å². The smallest absolute Gasteiger partial charge is 0.322 e. The number of rotatable bonds is 8. The van der Waals surface area contributed by atoms with Gasteiger partial charge in [0, 0.05) is 17.1 Å². The predicted molar refractivity (Wildman–Crippen MR) is 155 cm³/mol. The molecule has 0 spiro atoms. The number of amides is 1. The molecule has 0 radical (unpaired) electrons. The Hall–Kier alpha value is -3.78. The number of carbonyl (C=O) groups excluding carboxylic acids is 1. The van der Waals surface area contributed by atoms with E-state index >= 15 is 0 Å². The summed E-state index contributed by atoms with van der Waals surface area (Å²) in [5, 5.41) is 1.97. The minimum absolute atomic E-state index is 0.0235. The number of hydrogen-bond donors (Lipinski definition) is 3. The van der Waals surface area contributed by atoms with Crippen LogP contribution in [0.2, 0.25) is 10.0 Å². The summed E-state index contributed by atoms with van der Waals surface area (Å²) in [4.78, 5) is 12.6. The molecule has 15 heteroatoms. The van der Waals surface area contributed by atoms with Crippen LogP contribution in [0.1, 0.15) is 21.5 Å². The number of nitrogens with one attached hydrogen (secondary N) is 3. The molecule has 0 aromatic heterocycles. The van der Waals surface area contributed by atoms with Crippen molar-refractivity contribution in [3.8, 4) is 0 Å². The van der Waals surface area contributed by atoms with Crippen molar-refractivity contribution in [1.82, 2.24) is 0 Å². The van der Waals surface area contributed by atoms with Gasteiger partial charge in [-0.1, -0.05) is 40.9 Å². The van der Waals surface area contributed by atoms with Crippen molar-refractivity contribution in [3.63, 3.8) is 0 Å². The van der Waals surface area contributed by atoms with Crippen molar-refractivity contribution >= 4 is 66.2 Å².